The Morgan fingerprint density at radius 3 is 2.82 bits per heavy atom. The molecule has 0 fully saturated rings. The first-order chi connectivity index (χ1) is 10.5. The molecule has 2 aromatic heterocycles. The molecule has 0 atom stereocenters. The van der Waals surface area contributed by atoms with Crippen molar-refractivity contribution in [3.63, 3.8) is 0 Å². The van der Waals surface area contributed by atoms with Gasteiger partial charge in [-0.05, 0) is 36.6 Å². The van der Waals surface area contributed by atoms with E-state index in [1.54, 1.807) is 30.5 Å². The molecule has 1 aromatic carbocycles. The highest BCUT2D eigenvalue weighted by Gasteiger charge is 2.20. The number of thiophene rings is 1. The lowest BCUT2D eigenvalue weighted by Crippen LogP contribution is -2.12. The smallest absolute Gasteiger partial charge is 0.270 e. The maximum Gasteiger partial charge on any atom is 0.270 e. The predicted octanol–water partition coefficient (Wildman–Crippen LogP) is 3.56. The van der Waals surface area contributed by atoms with Crippen molar-refractivity contribution in [1.29, 1.82) is 0 Å². The van der Waals surface area contributed by atoms with Crippen LogP contribution in [0.2, 0.25) is 5.02 Å². The van der Waals surface area contributed by atoms with Crippen molar-refractivity contribution in [2.45, 2.75) is 11.8 Å². The van der Waals surface area contributed by atoms with Gasteiger partial charge in [-0.2, -0.15) is 4.98 Å². The van der Waals surface area contributed by atoms with Crippen molar-refractivity contribution in [2.75, 3.05) is 4.72 Å². The monoisotopic (exact) mass is 355 g/mol. The highest BCUT2D eigenvalue weighted by atomic mass is 35.5. The van der Waals surface area contributed by atoms with Gasteiger partial charge in [0.15, 0.2) is 5.82 Å². The number of nitrogens with one attached hydrogen (secondary N) is 1. The van der Waals surface area contributed by atoms with Crippen molar-refractivity contribution < 1.29 is 12.9 Å². The Balaban J connectivity index is 1.96. The van der Waals surface area contributed by atoms with Crippen molar-refractivity contribution in [3.8, 4) is 10.8 Å². The maximum atomic E-state index is 12.4. The Morgan fingerprint density at radius 1 is 1.32 bits per heavy atom. The molecular weight excluding hydrogens is 346 g/mol. The molecule has 0 unspecified atom stereocenters. The lowest BCUT2D eigenvalue weighted by atomic mass is 10.4. The van der Waals surface area contributed by atoms with E-state index in [4.69, 9.17) is 16.1 Å². The Bertz CT molecular complexity index is 918. The number of rotatable bonds is 4. The van der Waals surface area contributed by atoms with E-state index < -0.39 is 10.0 Å². The van der Waals surface area contributed by atoms with Crippen LogP contribution in [0.15, 0.2) is 45.1 Å². The highest BCUT2D eigenvalue weighted by Crippen LogP contribution is 2.34. The molecule has 0 spiro atoms. The summed E-state index contributed by atoms with van der Waals surface area (Å²) in [4.78, 5) is 4.75. The van der Waals surface area contributed by atoms with Gasteiger partial charge >= 0.3 is 0 Å². The quantitative estimate of drug-likeness (QED) is 0.773. The molecule has 0 saturated carbocycles. The summed E-state index contributed by atoms with van der Waals surface area (Å²) < 4.78 is 32.4. The lowest BCUT2D eigenvalue weighted by Gasteiger charge is -2.07. The summed E-state index contributed by atoms with van der Waals surface area (Å²) in [5, 5.41) is 5.79. The molecule has 3 rings (SSSR count). The average molecular weight is 356 g/mol. The maximum absolute atomic E-state index is 12.4. The van der Waals surface area contributed by atoms with Gasteiger partial charge in [-0.15, -0.1) is 11.3 Å². The SMILES string of the molecule is Cc1noc(-c2sccc2NS(=O)(=O)c2cccc(Cl)c2)n1. The van der Waals surface area contributed by atoms with Crippen molar-refractivity contribution in [1.82, 2.24) is 10.1 Å². The number of halogens is 1. The second-order valence-corrected chi connectivity index (χ2v) is 7.41. The zero-order valence-corrected chi connectivity index (χ0v) is 13.7. The van der Waals surface area contributed by atoms with Crippen LogP contribution in [0.5, 0.6) is 0 Å². The summed E-state index contributed by atoms with van der Waals surface area (Å²) in [5.74, 6) is 0.753. The molecule has 0 aliphatic rings. The summed E-state index contributed by atoms with van der Waals surface area (Å²) in [5.41, 5.74) is 0.383. The fourth-order valence-electron chi connectivity index (χ4n) is 1.78. The van der Waals surface area contributed by atoms with Crippen LogP contribution in [-0.2, 0) is 10.0 Å². The Hall–Kier alpha value is -1.90. The minimum atomic E-state index is -3.75. The second kappa shape index (κ2) is 5.71. The number of benzene rings is 1. The third-order valence-electron chi connectivity index (χ3n) is 2.74. The number of aryl methyl sites for hydroxylation is 1. The molecule has 2 heterocycles. The van der Waals surface area contributed by atoms with E-state index in [-0.39, 0.29) is 10.8 Å². The largest absolute Gasteiger partial charge is 0.333 e. The third kappa shape index (κ3) is 2.99. The molecule has 0 bridgehead atoms. The van der Waals surface area contributed by atoms with Gasteiger partial charge in [-0.25, -0.2) is 8.42 Å². The van der Waals surface area contributed by atoms with Gasteiger partial charge in [0.05, 0.1) is 10.6 Å². The first-order valence-electron chi connectivity index (χ1n) is 6.12. The molecule has 0 radical (unpaired) electrons. The van der Waals surface area contributed by atoms with Gasteiger partial charge in [0, 0.05) is 5.02 Å². The van der Waals surface area contributed by atoms with Gasteiger partial charge in [0.1, 0.15) is 4.88 Å². The van der Waals surface area contributed by atoms with E-state index >= 15 is 0 Å². The van der Waals surface area contributed by atoms with Crippen molar-refractivity contribution >= 4 is 38.6 Å². The number of hydrogen-bond donors (Lipinski definition) is 1. The molecule has 0 amide bonds. The number of anilines is 1. The minimum absolute atomic E-state index is 0.0823. The molecule has 9 heteroatoms. The first-order valence-corrected chi connectivity index (χ1v) is 8.86. The van der Waals surface area contributed by atoms with Crippen LogP contribution in [0.3, 0.4) is 0 Å². The summed E-state index contributed by atoms with van der Waals surface area (Å²) in [6.45, 7) is 1.69. The van der Waals surface area contributed by atoms with Crippen LogP contribution in [-0.4, -0.2) is 18.6 Å². The highest BCUT2D eigenvalue weighted by molar-refractivity contribution is 7.92. The van der Waals surface area contributed by atoms with Crippen molar-refractivity contribution in [2.24, 2.45) is 0 Å². The standard InChI is InChI=1S/C13H10ClN3O3S2/c1-8-15-13(20-16-8)12-11(5-6-21-12)17-22(18,19)10-4-2-3-9(14)7-10/h2-7,17H,1H3. The van der Waals surface area contributed by atoms with E-state index in [0.29, 0.717) is 21.4 Å². The number of nitrogens with zero attached hydrogens (tertiary/aromatic N) is 2. The topological polar surface area (TPSA) is 85.1 Å². The summed E-state index contributed by atoms with van der Waals surface area (Å²) in [6.07, 6.45) is 0. The fraction of sp³-hybridized carbons (Fsp3) is 0.0769. The van der Waals surface area contributed by atoms with E-state index in [1.807, 2.05) is 0 Å². The number of aromatic nitrogens is 2. The van der Waals surface area contributed by atoms with Crippen LogP contribution in [0.4, 0.5) is 5.69 Å². The zero-order chi connectivity index (χ0) is 15.7. The van der Waals surface area contributed by atoms with E-state index in [9.17, 15) is 8.42 Å². The molecule has 3 aromatic rings. The molecule has 6 nitrogen and oxygen atoms in total. The van der Waals surface area contributed by atoms with Gasteiger partial charge in [-0.1, -0.05) is 22.8 Å². The summed E-state index contributed by atoms with van der Waals surface area (Å²) in [6, 6.07) is 7.68. The molecule has 0 aliphatic heterocycles. The van der Waals surface area contributed by atoms with Crippen LogP contribution < -0.4 is 4.72 Å². The van der Waals surface area contributed by atoms with Gasteiger partial charge in [-0.3, -0.25) is 4.72 Å². The van der Waals surface area contributed by atoms with E-state index in [1.165, 1.54) is 23.5 Å². The van der Waals surface area contributed by atoms with Gasteiger partial charge < -0.3 is 4.52 Å². The van der Waals surface area contributed by atoms with Crippen LogP contribution in [0, 0.1) is 6.92 Å². The van der Waals surface area contributed by atoms with Gasteiger partial charge in [0.2, 0.25) is 0 Å². The number of hydrogen-bond acceptors (Lipinski definition) is 6. The molecule has 1 N–H and O–H groups in total. The van der Waals surface area contributed by atoms with Crippen LogP contribution in [0.25, 0.3) is 10.8 Å². The molecule has 22 heavy (non-hydrogen) atoms. The summed E-state index contributed by atoms with van der Waals surface area (Å²) >= 11 is 7.15. The fourth-order valence-corrected chi connectivity index (χ4v) is 3.99. The molecular formula is C13H10ClN3O3S2. The summed E-state index contributed by atoms with van der Waals surface area (Å²) in [7, 11) is -3.75. The zero-order valence-electron chi connectivity index (χ0n) is 11.3. The average Bonchev–Trinajstić information content (AvgIpc) is 3.07. The van der Waals surface area contributed by atoms with E-state index in [0.717, 1.165) is 0 Å². The predicted molar refractivity (Wildman–Crippen MR) is 84.6 cm³/mol. The Kier molecular flexibility index (Phi) is 3.90. The molecule has 114 valence electrons. The molecule has 0 aliphatic carbocycles. The second-order valence-electron chi connectivity index (χ2n) is 4.37. The van der Waals surface area contributed by atoms with Crippen LogP contribution in [0.1, 0.15) is 5.82 Å². The van der Waals surface area contributed by atoms with Crippen LogP contribution >= 0.6 is 22.9 Å². The lowest BCUT2D eigenvalue weighted by molar-refractivity contribution is 0.426. The normalized spacial score (nSPS) is 11.5. The van der Waals surface area contributed by atoms with Gasteiger partial charge in [0.25, 0.3) is 15.9 Å². The third-order valence-corrected chi connectivity index (χ3v) is 5.24. The number of sulfonamides is 1. The minimum Gasteiger partial charge on any atom is -0.333 e. The first kappa shape index (κ1) is 15.0. The molecule has 0 saturated heterocycles. The van der Waals surface area contributed by atoms with E-state index in [2.05, 4.69) is 14.9 Å². The Morgan fingerprint density at radius 2 is 2.14 bits per heavy atom. The van der Waals surface area contributed by atoms with Crippen molar-refractivity contribution in [3.05, 3.63) is 46.6 Å². The Labute approximate surface area is 135 Å².